The molecule has 0 fully saturated rings. The van der Waals surface area contributed by atoms with Gasteiger partial charge in [0, 0.05) is 19.7 Å². The van der Waals surface area contributed by atoms with Crippen molar-refractivity contribution in [1.82, 2.24) is 9.47 Å². The maximum absolute atomic E-state index is 14.1. The number of amides is 2. The summed E-state index contributed by atoms with van der Waals surface area (Å²) in [6.07, 6.45) is 1.91. The highest BCUT2D eigenvalue weighted by Crippen LogP contribution is 2.25. The molecule has 0 aliphatic carbocycles. The molecule has 252 valence electrons. The molecular weight excluding hydrogens is 618 g/mol. The lowest BCUT2D eigenvalue weighted by Gasteiger charge is -2.28. The molecule has 1 atom stereocenters. The van der Waals surface area contributed by atoms with Crippen molar-refractivity contribution in [3.8, 4) is 5.75 Å². The number of likely N-dealkylation sites (N-methyl/N-ethyl adjacent to an activating group) is 1. The Hall–Kier alpha value is -5.70. The minimum Gasteiger partial charge on any atom is -0.497 e. The van der Waals surface area contributed by atoms with Crippen molar-refractivity contribution >= 4 is 34.2 Å². The van der Waals surface area contributed by atoms with E-state index in [1.807, 2.05) is 66.7 Å². The fourth-order valence-corrected chi connectivity index (χ4v) is 5.71. The number of nitrogens with zero attached hydrogens (tertiary/aromatic N) is 2. The van der Waals surface area contributed by atoms with Crippen molar-refractivity contribution in [2.24, 2.45) is 0 Å². The van der Waals surface area contributed by atoms with Crippen LogP contribution in [0.3, 0.4) is 0 Å². The van der Waals surface area contributed by atoms with Crippen LogP contribution in [0.15, 0.2) is 108 Å². The van der Waals surface area contributed by atoms with E-state index in [4.69, 9.17) is 4.74 Å². The predicted octanol–water partition coefficient (Wildman–Crippen LogP) is 5.98. The molecule has 4 aromatic carbocycles. The van der Waals surface area contributed by atoms with Gasteiger partial charge in [-0.25, -0.2) is 0 Å². The molecule has 0 radical (unpaired) electrons. The zero-order valence-electron chi connectivity index (χ0n) is 28.4. The summed E-state index contributed by atoms with van der Waals surface area (Å²) < 4.78 is 6.76. The second-order valence-electron chi connectivity index (χ2n) is 12.9. The molecule has 0 saturated carbocycles. The van der Waals surface area contributed by atoms with Crippen LogP contribution in [0.5, 0.6) is 5.75 Å². The van der Waals surface area contributed by atoms with E-state index in [1.54, 1.807) is 71.5 Å². The molecule has 0 spiro atoms. The van der Waals surface area contributed by atoms with Crippen molar-refractivity contribution in [2.45, 2.75) is 51.6 Å². The molecule has 0 saturated heterocycles. The average molecular weight is 660 g/mol. The molecule has 9 nitrogen and oxygen atoms in total. The second kappa shape index (κ2) is 14.6. The number of aryl methyl sites for hydroxylation is 1. The summed E-state index contributed by atoms with van der Waals surface area (Å²) in [4.78, 5) is 54.7. The van der Waals surface area contributed by atoms with Crippen molar-refractivity contribution in [1.29, 1.82) is 0 Å². The van der Waals surface area contributed by atoms with Crippen LogP contribution < -0.4 is 15.6 Å². The quantitative estimate of drug-likeness (QED) is 0.170. The highest BCUT2D eigenvalue weighted by molar-refractivity contribution is 5.98. The number of pyridine rings is 1. The number of nitrogens with one attached hydrogen (secondary N) is 1. The first-order chi connectivity index (χ1) is 23.4. The van der Waals surface area contributed by atoms with Gasteiger partial charge in [0.15, 0.2) is 0 Å². The van der Waals surface area contributed by atoms with E-state index in [0.29, 0.717) is 23.4 Å². The smallest absolute Gasteiger partial charge is 0.313 e. The number of fused-ring (bicyclic) bond motifs is 1. The molecule has 2 N–H and O–H groups in total. The average Bonchev–Trinajstić information content (AvgIpc) is 3.10. The number of anilines is 1. The lowest BCUT2D eigenvalue weighted by molar-refractivity contribution is -0.142. The van der Waals surface area contributed by atoms with Gasteiger partial charge < -0.3 is 24.6 Å². The van der Waals surface area contributed by atoms with E-state index in [2.05, 4.69) is 5.32 Å². The van der Waals surface area contributed by atoms with Gasteiger partial charge in [-0.2, -0.15) is 0 Å². The van der Waals surface area contributed by atoms with Crippen LogP contribution in [-0.2, 0) is 39.2 Å². The number of ether oxygens (including phenoxy) is 1. The Balaban J connectivity index is 1.43. The Bertz CT molecular complexity index is 2050. The highest BCUT2D eigenvalue weighted by Gasteiger charge is 2.31. The summed E-state index contributed by atoms with van der Waals surface area (Å²) in [7, 11) is 3.18. The minimum absolute atomic E-state index is 0.0793. The number of benzene rings is 4. The summed E-state index contributed by atoms with van der Waals surface area (Å²) in [6, 6.07) is 28.9. The number of carbonyl (C=O) groups is 3. The van der Waals surface area contributed by atoms with Gasteiger partial charge in [0.2, 0.25) is 11.8 Å². The van der Waals surface area contributed by atoms with Gasteiger partial charge >= 0.3 is 5.97 Å². The van der Waals surface area contributed by atoms with Crippen molar-refractivity contribution < 1.29 is 24.2 Å². The molecule has 1 heterocycles. The molecule has 49 heavy (non-hydrogen) atoms. The van der Waals surface area contributed by atoms with Crippen LogP contribution in [0.2, 0.25) is 0 Å². The van der Waals surface area contributed by atoms with Crippen molar-refractivity contribution in [2.75, 3.05) is 19.5 Å². The molecule has 2 amide bonds. The standard InChI is InChI=1S/C40H41N3O6/c1-26-20-21-43(25-28-13-18-33(49-5)19-14-28)38(46)36(26)41-37(45)34(23-27-11-16-32(17-12-27)40(2,3)39(47)48)42(4)35(44)24-29-10-15-30-8-6-7-9-31(30)22-29/h6-22,34H,23-25H2,1-5H3,(H,41,45)(H,47,48)/t34-/m1/s1. The Labute approximate surface area is 285 Å². The van der Waals surface area contributed by atoms with Gasteiger partial charge in [0.25, 0.3) is 5.56 Å². The summed E-state index contributed by atoms with van der Waals surface area (Å²) in [5.74, 6) is -1.02. The van der Waals surface area contributed by atoms with E-state index >= 15 is 0 Å². The number of hydrogen-bond donors (Lipinski definition) is 2. The summed E-state index contributed by atoms with van der Waals surface area (Å²) >= 11 is 0. The second-order valence-corrected chi connectivity index (χ2v) is 12.9. The molecule has 5 aromatic rings. The molecule has 0 aliphatic rings. The summed E-state index contributed by atoms with van der Waals surface area (Å²) in [5, 5.41) is 14.6. The van der Waals surface area contributed by atoms with Gasteiger partial charge in [-0.1, -0.05) is 78.9 Å². The molecule has 1 aromatic heterocycles. The number of carboxylic acid groups (broad SMARTS) is 1. The molecule has 9 heteroatoms. The maximum atomic E-state index is 14.1. The monoisotopic (exact) mass is 659 g/mol. The van der Waals surface area contributed by atoms with Crippen LogP contribution in [0, 0.1) is 6.92 Å². The normalized spacial score (nSPS) is 11.9. The SMILES string of the molecule is COc1ccc(Cn2ccc(C)c(NC(=O)[C@@H](Cc3ccc(C(C)(C)C(=O)O)cc3)N(C)C(=O)Cc3ccc4ccccc4c3)c2=O)cc1. The van der Waals surface area contributed by atoms with Gasteiger partial charge in [-0.05, 0) is 77.6 Å². The first-order valence-corrected chi connectivity index (χ1v) is 16.1. The number of carboxylic acids is 1. The first kappa shape index (κ1) is 34.6. The lowest BCUT2D eigenvalue weighted by atomic mass is 9.84. The van der Waals surface area contributed by atoms with Crippen LogP contribution in [0.25, 0.3) is 10.8 Å². The molecule has 5 rings (SSSR count). The highest BCUT2D eigenvalue weighted by atomic mass is 16.5. The predicted molar refractivity (Wildman–Crippen MR) is 191 cm³/mol. The van der Waals surface area contributed by atoms with Gasteiger partial charge in [0.05, 0.1) is 25.5 Å². The Kier molecular flexibility index (Phi) is 10.3. The van der Waals surface area contributed by atoms with E-state index in [9.17, 15) is 24.3 Å². The van der Waals surface area contributed by atoms with Gasteiger partial charge in [-0.15, -0.1) is 0 Å². The number of aromatic nitrogens is 1. The first-order valence-electron chi connectivity index (χ1n) is 16.1. The largest absolute Gasteiger partial charge is 0.497 e. The van der Waals surface area contributed by atoms with Crippen molar-refractivity contribution in [3.63, 3.8) is 0 Å². The number of rotatable bonds is 12. The van der Waals surface area contributed by atoms with Crippen LogP contribution in [0.4, 0.5) is 5.69 Å². The zero-order valence-corrected chi connectivity index (χ0v) is 28.4. The number of carbonyl (C=O) groups excluding carboxylic acids is 2. The maximum Gasteiger partial charge on any atom is 0.313 e. The topological polar surface area (TPSA) is 118 Å². The molecule has 0 bridgehead atoms. The molecular formula is C40H41N3O6. The summed E-state index contributed by atoms with van der Waals surface area (Å²) in [5.41, 5.74) is 2.31. The Morgan fingerprint density at radius 3 is 2.16 bits per heavy atom. The van der Waals surface area contributed by atoms with E-state index in [1.165, 1.54) is 9.47 Å². The van der Waals surface area contributed by atoms with Crippen LogP contribution in [0.1, 0.15) is 41.7 Å². The molecule has 0 aliphatic heterocycles. The Morgan fingerprint density at radius 1 is 0.878 bits per heavy atom. The van der Waals surface area contributed by atoms with Gasteiger partial charge in [0.1, 0.15) is 17.5 Å². The summed E-state index contributed by atoms with van der Waals surface area (Å²) in [6.45, 7) is 5.30. The number of methoxy groups -OCH3 is 1. The number of aliphatic carboxylic acids is 1. The third kappa shape index (κ3) is 7.89. The van der Waals surface area contributed by atoms with E-state index in [0.717, 1.165) is 27.5 Å². The van der Waals surface area contributed by atoms with Crippen molar-refractivity contribution in [3.05, 3.63) is 141 Å². The lowest BCUT2D eigenvalue weighted by Crippen LogP contribution is -2.47. The van der Waals surface area contributed by atoms with Crippen LogP contribution >= 0.6 is 0 Å². The third-order valence-electron chi connectivity index (χ3n) is 9.11. The molecule has 0 unspecified atom stereocenters. The van der Waals surface area contributed by atoms with E-state index < -0.39 is 23.3 Å². The fourth-order valence-electron chi connectivity index (χ4n) is 5.71. The van der Waals surface area contributed by atoms with E-state index in [-0.39, 0.29) is 30.0 Å². The third-order valence-corrected chi connectivity index (χ3v) is 9.11. The van der Waals surface area contributed by atoms with Gasteiger partial charge in [-0.3, -0.25) is 19.2 Å². The Morgan fingerprint density at radius 2 is 1.51 bits per heavy atom. The number of hydrogen-bond acceptors (Lipinski definition) is 5. The fraction of sp³-hybridized carbons (Fsp3) is 0.250. The van der Waals surface area contributed by atoms with Crippen LogP contribution in [-0.4, -0.2) is 52.6 Å². The minimum atomic E-state index is -1.10. The zero-order chi connectivity index (χ0) is 35.3.